The fourth-order valence-corrected chi connectivity index (χ4v) is 2.30. The molecular weight excluding hydrogens is 170 g/mol. The molecule has 1 N–H and O–H groups in total. The highest BCUT2D eigenvalue weighted by Crippen LogP contribution is 2.40. The van der Waals surface area contributed by atoms with Crippen molar-refractivity contribution < 1.29 is 14.7 Å². The molecule has 3 fully saturated rings. The summed E-state index contributed by atoms with van der Waals surface area (Å²) in [6, 6.07) is 0. The third kappa shape index (κ3) is 1.01. The van der Waals surface area contributed by atoms with Crippen LogP contribution in [0.3, 0.4) is 0 Å². The topological polar surface area (TPSA) is 58.9 Å². The molecule has 1 aliphatic carbocycles. The van der Waals surface area contributed by atoms with Crippen LogP contribution in [0.1, 0.15) is 26.7 Å². The van der Waals surface area contributed by atoms with Crippen molar-refractivity contribution in [3.8, 4) is 0 Å². The predicted molar refractivity (Wildman–Crippen MR) is 45.9 cm³/mol. The van der Waals surface area contributed by atoms with Crippen molar-refractivity contribution in [2.75, 3.05) is 0 Å². The molecule has 0 amide bonds. The molecule has 2 saturated heterocycles. The Kier molecular flexibility index (Phi) is 1.70. The minimum absolute atomic E-state index is 0.0117. The first-order valence-electron chi connectivity index (χ1n) is 4.53. The number of hydrogen-bond donors (Lipinski definition) is 1. The van der Waals surface area contributed by atoms with Gasteiger partial charge < -0.3 is 9.94 Å². The molecule has 1 saturated carbocycles. The van der Waals surface area contributed by atoms with Crippen molar-refractivity contribution in [3.05, 3.63) is 0 Å². The molecule has 72 valence electrons. The van der Waals surface area contributed by atoms with E-state index < -0.39 is 5.60 Å². The zero-order valence-electron chi connectivity index (χ0n) is 7.78. The molecule has 4 heteroatoms. The Morgan fingerprint density at radius 2 is 2.38 bits per heavy atom. The average Bonchev–Trinajstić information content (AvgIpc) is 2.08. The van der Waals surface area contributed by atoms with Crippen molar-refractivity contribution in [1.29, 1.82) is 0 Å². The molecule has 3 atom stereocenters. The summed E-state index contributed by atoms with van der Waals surface area (Å²) >= 11 is 0. The van der Waals surface area contributed by atoms with E-state index >= 15 is 0 Å². The maximum atomic E-state index is 11.7. The first-order valence-corrected chi connectivity index (χ1v) is 4.53. The van der Waals surface area contributed by atoms with Crippen molar-refractivity contribution in [2.24, 2.45) is 11.1 Å². The van der Waals surface area contributed by atoms with Gasteiger partial charge >= 0.3 is 0 Å². The van der Waals surface area contributed by atoms with E-state index in [0.717, 1.165) is 12.8 Å². The molecule has 2 heterocycles. The van der Waals surface area contributed by atoms with Crippen LogP contribution < -0.4 is 0 Å². The molecule has 4 nitrogen and oxygen atoms in total. The molecule has 2 bridgehead atoms. The molecule has 3 rings (SSSR count). The molecule has 3 unspecified atom stereocenters. The van der Waals surface area contributed by atoms with Crippen LogP contribution in [0.2, 0.25) is 0 Å². The monoisotopic (exact) mass is 183 g/mol. The molecule has 3 aliphatic rings. The van der Waals surface area contributed by atoms with Gasteiger partial charge in [0, 0.05) is 5.92 Å². The molecule has 0 aromatic carbocycles. The van der Waals surface area contributed by atoms with Crippen LogP contribution in [0.15, 0.2) is 5.16 Å². The van der Waals surface area contributed by atoms with Crippen LogP contribution >= 0.6 is 0 Å². The van der Waals surface area contributed by atoms with Crippen molar-refractivity contribution in [1.82, 2.24) is 0 Å². The van der Waals surface area contributed by atoms with E-state index in [1.807, 2.05) is 6.92 Å². The minimum Gasteiger partial charge on any atom is -0.411 e. The van der Waals surface area contributed by atoms with Crippen molar-refractivity contribution in [2.45, 2.75) is 38.4 Å². The molecule has 0 aromatic heterocycles. The second kappa shape index (κ2) is 2.54. The van der Waals surface area contributed by atoms with Crippen LogP contribution in [0.5, 0.6) is 0 Å². The number of nitrogens with zero attached hydrogens (tertiary/aromatic N) is 1. The number of oxime groups is 1. The van der Waals surface area contributed by atoms with Gasteiger partial charge in [-0.3, -0.25) is 4.79 Å². The quantitative estimate of drug-likeness (QED) is 0.449. The van der Waals surface area contributed by atoms with E-state index in [9.17, 15) is 4.79 Å². The minimum atomic E-state index is -0.740. The Labute approximate surface area is 76.6 Å². The zero-order valence-corrected chi connectivity index (χ0v) is 7.78. The molecule has 0 aromatic rings. The van der Waals surface area contributed by atoms with Crippen molar-refractivity contribution in [3.63, 3.8) is 0 Å². The summed E-state index contributed by atoms with van der Waals surface area (Å²) in [6.45, 7) is 3.69. The summed E-state index contributed by atoms with van der Waals surface area (Å²) in [4.78, 5) is 11.7. The van der Waals surface area contributed by atoms with Crippen molar-refractivity contribution >= 4 is 11.5 Å². The lowest BCUT2D eigenvalue weighted by atomic mass is 9.71. The molecule has 0 spiro atoms. The Morgan fingerprint density at radius 3 is 2.92 bits per heavy atom. The number of carbonyl (C=O) groups excluding carboxylic acids is 1. The lowest BCUT2D eigenvalue weighted by Crippen LogP contribution is -2.59. The lowest BCUT2D eigenvalue weighted by molar-refractivity contribution is -0.165. The second-order valence-corrected chi connectivity index (χ2v) is 4.01. The van der Waals surface area contributed by atoms with Crippen LogP contribution in [-0.4, -0.2) is 28.4 Å². The number of Topliss-reactive ketones (excluding diaryl/α,β-unsaturated/α-hetero) is 1. The second-order valence-electron chi connectivity index (χ2n) is 4.01. The predicted octanol–water partition coefficient (Wildman–Crippen LogP) is 0.973. The third-order valence-electron chi connectivity index (χ3n) is 3.12. The summed E-state index contributed by atoms with van der Waals surface area (Å²) in [6.07, 6.45) is 1.60. The van der Waals surface area contributed by atoms with E-state index in [1.165, 1.54) is 0 Å². The summed E-state index contributed by atoms with van der Waals surface area (Å²) in [5.41, 5.74) is -0.442. The first kappa shape index (κ1) is 8.69. The Balaban J connectivity index is 2.42. The molecule has 13 heavy (non-hydrogen) atoms. The van der Waals surface area contributed by atoms with Gasteiger partial charge in [0.2, 0.25) is 5.78 Å². The fourth-order valence-electron chi connectivity index (χ4n) is 2.30. The lowest BCUT2D eigenvalue weighted by Gasteiger charge is -2.46. The average molecular weight is 183 g/mol. The molecule has 0 radical (unpaired) electrons. The van der Waals surface area contributed by atoms with Crippen LogP contribution in [0.4, 0.5) is 0 Å². The van der Waals surface area contributed by atoms with E-state index in [2.05, 4.69) is 5.16 Å². The number of rotatable bonds is 0. The SMILES string of the molecule is CC1OC2(C)CCC1C(=NO)C2=O. The van der Waals surface area contributed by atoms with Gasteiger partial charge in [-0.25, -0.2) is 0 Å². The highest BCUT2D eigenvalue weighted by Gasteiger charge is 2.53. The Morgan fingerprint density at radius 1 is 1.69 bits per heavy atom. The van der Waals surface area contributed by atoms with Gasteiger partial charge in [0.15, 0.2) is 0 Å². The zero-order chi connectivity index (χ0) is 9.64. The number of ketones is 1. The first-order chi connectivity index (χ1) is 6.08. The van der Waals surface area contributed by atoms with Gasteiger partial charge in [0.05, 0.1) is 6.10 Å². The number of hydrogen-bond acceptors (Lipinski definition) is 4. The van der Waals surface area contributed by atoms with Crippen LogP contribution in [0, 0.1) is 5.92 Å². The van der Waals surface area contributed by atoms with Gasteiger partial charge in [-0.15, -0.1) is 0 Å². The van der Waals surface area contributed by atoms with Crippen LogP contribution in [0.25, 0.3) is 0 Å². The maximum Gasteiger partial charge on any atom is 0.212 e. The summed E-state index contributed by atoms with van der Waals surface area (Å²) < 4.78 is 5.58. The Hall–Kier alpha value is -0.900. The molecule has 2 aliphatic heterocycles. The summed E-state index contributed by atoms with van der Waals surface area (Å²) in [5.74, 6) is -0.163. The van der Waals surface area contributed by atoms with E-state index in [1.54, 1.807) is 6.92 Å². The van der Waals surface area contributed by atoms with Gasteiger partial charge in [-0.05, 0) is 26.7 Å². The number of carbonyl (C=O) groups is 1. The normalized spacial score (nSPS) is 47.2. The third-order valence-corrected chi connectivity index (χ3v) is 3.12. The van der Waals surface area contributed by atoms with Gasteiger partial charge in [0.1, 0.15) is 11.3 Å². The van der Waals surface area contributed by atoms with Crippen LogP contribution in [-0.2, 0) is 9.53 Å². The van der Waals surface area contributed by atoms with E-state index in [4.69, 9.17) is 9.94 Å². The summed E-state index contributed by atoms with van der Waals surface area (Å²) in [7, 11) is 0. The summed E-state index contributed by atoms with van der Waals surface area (Å²) in [5, 5.41) is 11.8. The maximum absolute atomic E-state index is 11.7. The molecular formula is C9H13NO3. The standard InChI is InChI=1S/C9H13NO3/c1-5-6-3-4-9(2,13-5)8(11)7(6)10-12/h5-6,12H,3-4H2,1-2H3. The fraction of sp³-hybridized carbons (Fsp3) is 0.778. The smallest absolute Gasteiger partial charge is 0.212 e. The van der Waals surface area contributed by atoms with Gasteiger partial charge in [-0.1, -0.05) is 5.16 Å². The number of ether oxygens (including phenoxy) is 1. The number of fused-ring (bicyclic) bond motifs is 3. The highest BCUT2D eigenvalue weighted by atomic mass is 16.5. The largest absolute Gasteiger partial charge is 0.411 e. The van der Waals surface area contributed by atoms with Gasteiger partial charge in [0.25, 0.3) is 0 Å². The highest BCUT2D eigenvalue weighted by molar-refractivity contribution is 6.44. The van der Waals surface area contributed by atoms with E-state index in [-0.39, 0.29) is 17.8 Å². The Bertz CT molecular complexity index is 287. The van der Waals surface area contributed by atoms with E-state index in [0.29, 0.717) is 5.71 Å². The van der Waals surface area contributed by atoms with Gasteiger partial charge in [-0.2, -0.15) is 0 Å².